The van der Waals surface area contributed by atoms with Crippen molar-refractivity contribution >= 4 is 40.3 Å². The zero-order chi connectivity index (χ0) is 34.1. The van der Waals surface area contributed by atoms with Crippen LogP contribution in [0.4, 0.5) is 5.69 Å². The van der Waals surface area contributed by atoms with Crippen LogP contribution >= 0.6 is 0 Å². The van der Waals surface area contributed by atoms with Gasteiger partial charge in [-0.3, -0.25) is 25.1 Å². The number of aromatic nitrogens is 2. The average molecular weight is 652 g/mol. The number of nitrogens with one attached hydrogen (secondary N) is 5. The van der Waals surface area contributed by atoms with Crippen LogP contribution in [-0.4, -0.2) is 64.7 Å². The number of ether oxygens (including phenoxy) is 1. The Hall–Kier alpha value is -5.03. The highest BCUT2D eigenvalue weighted by Gasteiger charge is 2.40. The van der Waals surface area contributed by atoms with Crippen molar-refractivity contribution in [1.29, 1.82) is 5.41 Å². The molecule has 5 N–H and O–H groups in total. The molecule has 1 atom stereocenters. The van der Waals surface area contributed by atoms with Gasteiger partial charge in [-0.1, -0.05) is 31.2 Å². The van der Waals surface area contributed by atoms with Crippen molar-refractivity contribution in [2.24, 2.45) is 0 Å². The van der Waals surface area contributed by atoms with Crippen molar-refractivity contribution in [2.45, 2.75) is 65.0 Å². The van der Waals surface area contributed by atoms with Crippen LogP contribution in [-0.2, 0) is 26.4 Å². The maximum atomic E-state index is 14.0. The van der Waals surface area contributed by atoms with E-state index in [0.29, 0.717) is 43.7 Å². The van der Waals surface area contributed by atoms with Gasteiger partial charge >= 0.3 is 5.97 Å². The third-order valence-electron chi connectivity index (χ3n) is 8.73. The zero-order valence-electron chi connectivity index (χ0n) is 27.9. The van der Waals surface area contributed by atoms with E-state index in [2.05, 4.69) is 20.9 Å². The van der Waals surface area contributed by atoms with Gasteiger partial charge in [-0.25, -0.2) is 4.98 Å². The number of benzene rings is 3. The highest BCUT2D eigenvalue weighted by atomic mass is 16.5. The van der Waals surface area contributed by atoms with E-state index in [1.54, 1.807) is 36.4 Å². The zero-order valence-corrected chi connectivity index (χ0v) is 27.9. The van der Waals surface area contributed by atoms with E-state index in [0.717, 1.165) is 66.0 Å². The van der Waals surface area contributed by atoms with Crippen LogP contribution < -0.4 is 16.0 Å². The lowest BCUT2D eigenvalue weighted by atomic mass is 9.86. The molecule has 0 aliphatic carbocycles. The number of esters is 1. The van der Waals surface area contributed by atoms with Gasteiger partial charge in [0, 0.05) is 36.3 Å². The Bertz CT molecular complexity index is 1750. The number of H-pyrrole nitrogens is 1. The summed E-state index contributed by atoms with van der Waals surface area (Å²) in [6, 6.07) is 20.1. The van der Waals surface area contributed by atoms with Crippen LogP contribution in [0.15, 0.2) is 66.7 Å². The largest absolute Gasteiger partial charge is 0.466 e. The van der Waals surface area contributed by atoms with E-state index in [1.807, 2.05) is 56.0 Å². The number of rotatable bonds is 14. The van der Waals surface area contributed by atoms with Gasteiger partial charge in [-0.15, -0.1) is 0 Å². The van der Waals surface area contributed by atoms with Crippen LogP contribution in [0.3, 0.4) is 0 Å². The molecule has 0 unspecified atom stereocenters. The van der Waals surface area contributed by atoms with Crippen LogP contribution in [0.25, 0.3) is 11.0 Å². The number of carbonyl (C=O) groups excluding carboxylic acids is 3. The molecule has 11 heteroatoms. The quantitative estimate of drug-likeness (QED) is 0.0530. The molecule has 4 aromatic rings. The van der Waals surface area contributed by atoms with Crippen molar-refractivity contribution < 1.29 is 19.1 Å². The van der Waals surface area contributed by atoms with Crippen molar-refractivity contribution in [2.75, 3.05) is 31.6 Å². The second kappa shape index (κ2) is 15.7. The molecule has 0 radical (unpaired) electrons. The maximum absolute atomic E-state index is 14.0. The molecule has 48 heavy (non-hydrogen) atoms. The van der Waals surface area contributed by atoms with Gasteiger partial charge in [-0.2, -0.15) is 0 Å². The van der Waals surface area contributed by atoms with Crippen molar-refractivity contribution in [1.82, 2.24) is 25.5 Å². The number of imidazole rings is 1. The summed E-state index contributed by atoms with van der Waals surface area (Å²) in [4.78, 5) is 48.7. The fourth-order valence-corrected chi connectivity index (χ4v) is 6.06. The van der Waals surface area contributed by atoms with Gasteiger partial charge in [0.2, 0.25) is 5.91 Å². The third-order valence-corrected chi connectivity index (χ3v) is 8.73. The number of aryl methyl sites for hydroxylation is 1. The molecule has 5 rings (SSSR count). The minimum Gasteiger partial charge on any atom is -0.466 e. The average Bonchev–Trinajstić information content (AvgIpc) is 3.80. The number of carbonyl (C=O) groups is 3. The van der Waals surface area contributed by atoms with Gasteiger partial charge < -0.3 is 25.3 Å². The maximum Gasteiger partial charge on any atom is 0.305 e. The Labute approximate surface area is 281 Å². The summed E-state index contributed by atoms with van der Waals surface area (Å²) in [6.45, 7) is 8.72. The molecule has 3 aromatic carbocycles. The third kappa shape index (κ3) is 8.09. The first-order chi connectivity index (χ1) is 23.2. The normalized spacial score (nSPS) is 14.0. The van der Waals surface area contributed by atoms with Crippen LogP contribution in [0.1, 0.15) is 78.8 Å². The van der Waals surface area contributed by atoms with E-state index in [1.165, 1.54) is 0 Å². The lowest BCUT2D eigenvalue weighted by Gasteiger charge is -2.35. The fourth-order valence-electron chi connectivity index (χ4n) is 6.06. The standard InChI is InChI=1S/C37H45N7O4/c1-4-23-48-32(45)13-10-20-40-37(3,36(47)44-21-8-9-22-44)29-18-19-30-33(25(29)2)42-31(41-30)24-39-28-16-14-26(15-17-28)34(38)43-35(46)27-11-6-5-7-12-27/h5-7,11-12,14-19,39-40H,4,8-10,13,20-24H2,1-3H3,(H,41,42)(H2,38,43,46)/t37-/m1/s1. The number of amides is 2. The summed E-state index contributed by atoms with van der Waals surface area (Å²) in [6.07, 6.45) is 3.64. The van der Waals surface area contributed by atoms with Crippen LogP contribution in [0, 0.1) is 12.3 Å². The number of hydrogen-bond acceptors (Lipinski definition) is 8. The molecule has 0 bridgehead atoms. The predicted octanol–water partition coefficient (Wildman–Crippen LogP) is 5.40. The van der Waals surface area contributed by atoms with E-state index in [4.69, 9.17) is 15.1 Å². The Morgan fingerprint density at radius 1 is 1.00 bits per heavy atom. The highest BCUT2D eigenvalue weighted by Crippen LogP contribution is 2.32. The monoisotopic (exact) mass is 651 g/mol. The molecular formula is C37H45N7O4. The molecule has 0 saturated carbocycles. The lowest BCUT2D eigenvalue weighted by Crippen LogP contribution is -2.53. The molecule has 11 nitrogen and oxygen atoms in total. The molecule has 1 fully saturated rings. The molecule has 1 aromatic heterocycles. The molecule has 0 spiro atoms. The number of fused-ring (bicyclic) bond motifs is 1. The Balaban J connectivity index is 1.26. The number of likely N-dealkylation sites (tertiary alicyclic amines) is 1. The van der Waals surface area contributed by atoms with Gasteiger partial charge in [-0.05, 0) is 99.7 Å². The summed E-state index contributed by atoms with van der Waals surface area (Å²) >= 11 is 0. The first kappa shape index (κ1) is 34.3. The molecular weight excluding hydrogens is 606 g/mol. The van der Waals surface area contributed by atoms with Gasteiger partial charge in [0.15, 0.2) is 0 Å². The predicted molar refractivity (Wildman–Crippen MR) is 187 cm³/mol. The summed E-state index contributed by atoms with van der Waals surface area (Å²) < 4.78 is 5.21. The van der Waals surface area contributed by atoms with E-state index in [9.17, 15) is 14.4 Å². The molecule has 1 aliphatic rings. The highest BCUT2D eigenvalue weighted by molar-refractivity contribution is 6.11. The Kier molecular flexibility index (Phi) is 11.2. The SMILES string of the molecule is CCCOC(=O)CCCN[C@@](C)(C(=O)N1CCCC1)c1ccc2[nH]c(CNc3ccc(C(=N)NC(=O)c4ccccc4)cc3)nc2c1C. The lowest BCUT2D eigenvalue weighted by molar-refractivity contribution is -0.143. The Morgan fingerprint density at radius 2 is 1.73 bits per heavy atom. The molecule has 252 valence electrons. The van der Waals surface area contributed by atoms with Crippen molar-refractivity contribution in [3.8, 4) is 0 Å². The van der Waals surface area contributed by atoms with E-state index in [-0.39, 0.29) is 23.6 Å². The van der Waals surface area contributed by atoms with Crippen LogP contribution in [0.5, 0.6) is 0 Å². The fraction of sp³-hybridized carbons (Fsp3) is 0.378. The second-order valence-corrected chi connectivity index (χ2v) is 12.3. The number of anilines is 1. The summed E-state index contributed by atoms with van der Waals surface area (Å²) in [5, 5.41) is 17.8. The number of hydrogen-bond donors (Lipinski definition) is 5. The topological polar surface area (TPSA) is 152 Å². The van der Waals surface area contributed by atoms with Crippen LogP contribution in [0.2, 0.25) is 0 Å². The minimum atomic E-state index is -0.983. The van der Waals surface area contributed by atoms with E-state index < -0.39 is 5.54 Å². The first-order valence-corrected chi connectivity index (χ1v) is 16.7. The van der Waals surface area contributed by atoms with Crippen molar-refractivity contribution in [3.05, 3.63) is 94.8 Å². The van der Waals surface area contributed by atoms with Crippen molar-refractivity contribution in [3.63, 3.8) is 0 Å². The van der Waals surface area contributed by atoms with Gasteiger partial charge in [0.05, 0.1) is 24.2 Å². The molecule has 1 aliphatic heterocycles. The van der Waals surface area contributed by atoms with Gasteiger partial charge in [0.1, 0.15) is 17.2 Å². The molecule has 2 heterocycles. The number of nitrogens with zero attached hydrogens (tertiary/aromatic N) is 2. The smallest absolute Gasteiger partial charge is 0.305 e. The molecule has 2 amide bonds. The summed E-state index contributed by atoms with van der Waals surface area (Å²) in [5.41, 5.74) is 4.40. The Morgan fingerprint density at radius 3 is 2.44 bits per heavy atom. The van der Waals surface area contributed by atoms with Gasteiger partial charge in [0.25, 0.3) is 5.91 Å². The minimum absolute atomic E-state index is 0.0261. The van der Waals surface area contributed by atoms with E-state index >= 15 is 0 Å². The second-order valence-electron chi connectivity index (χ2n) is 12.3. The first-order valence-electron chi connectivity index (χ1n) is 16.7. The summed E-state index contributed by atoms with van der Waals surface area (Å²) in [7, 11) is 0. The number of amidine groups is 1. The molecule has 1 saturated heterocycles. The number of aromatic amines is 1. The summed E-state index contributed by atoms with van der Waals surface area (Å²) in [5.74, 6) is 0.252.